The van der Waals surface area contributed by atoms with Gasteiger partial charge in [0.15, 0.2) is 0 Å². The lowest BCUT2D eigenvalue weighted by Gasteiger charge is -2.35. The molecule has 132 valence electrons. The van der Waals surface area contributed by atoms with Crippen LogP contribution in [0, 0.1) is 0 Å². The third-order valence-electron chi connectivity index (χ3n) is 4.42. The Morgan fingerprint density at radius 2 is 2.20 bits per heavy atom. The SMILES string of the molecule is COc1ccc(CNC(=O)CN2CCNCC2c2cccnc2)cc1. The lowest BCUT2D eigenvalue weighted by molar-refractivity contribution is -0.123. The van der Waals surface area contributed by atoms with E-state index in [-0.39, 0.29) is 11.9 Å². The molecule has 6 nitrogen and oxygen atoms in total. The first-order chi connectivity index (χ1) is 12.3. The smallest absolute Gasteiger partial charge is 0.234 e. The molecule has 1 fully saturated rings. The number of carbonyl (C=O) groups excluding carboxylic acids is 1. The summed E-state index contributed by atoms with van der Waals surface area (Å²) in [6, 6.07) is 11.9. The Kier molecular flexibility index (Phi) is 5.98. The molecule has 1 aliphatic rings. The largest absolute Gasteiger partial charge is 0.497 e. The summed E-state index contributed by atoms with van der Waals surface area (Å²) in [5.41, 5.74) is 2.19. The molecule has 6 heteroatoms. The average Bonchev–Trinajstić information content (AvgIpc) is 2.68. The number of nitrogens with zero attached hydrogens (tertiary/aromatic N) is 2. The first-order valence-corrected chi connectivity index (χ1v) is 8.50. The van der Waals surface area contributed by atoms with E-state index in [1.165, 1.54) is 0 Å². The fourth-order valence-corrected chi connectivity index (χ4v) is 3.02. The Morgan fingerprint density at radius 3 is 2.92 bits per heavy atom. The molecule has 2 heterocycles. The van der Waals surface area contributed by atoms with Gasteiger partial charge in [0.05, 0.1) is 13.7 Å². The van der Waals surface area contributed by atoms with E-state index in [4.69, 9.17) is 4.74 Å². The van der Waals surface area contributed by atoms with E-state index in [2.05, 4.69) is 26.6 Å². The van der Waals surface area contributed by atoms with E-state index >= 15 is 0 Å². The molecule has 1 unspecified atom stereocenters. The van der Waals surface area contributed by atoms with Gasteiger partial charge in [0.2, 0.25) is 5.91 Å². The van der Waals surface area contributed by atoms with Gasteiger partial charge in [-0.25, -0.2) is 0 Å². The minimum atomic E-state index is 0.0339. The normalized spacial score (nSPS) is 17.9. The van der Waals surface area contributed by atoms with E-state index in [9.17, 15) is 4.79 Å². The van der Waals surface area contributed by atoms with E-state index in [0.717, 1.165) is 36.5 Å². The summed E-state index contributed by atoms with van der Waals surface area (Å²) in [4.78, 5) is 18.8. The van der Waals surface area contributed by atoms with Crippen LogP contribution in [0.5, 0.6) is 5.75 Å². The number of hydrogen-bond donors (Lipinski definition) is 2. The van der Waals surface area contributed by atoms with Crippen LogP contribution in [0.15, 0.2) is 48.8 Å². The van der Waals surface area contributed by atoms with Gasteiger partial charge < -0.3 is 15.4 Å². The lowest BCUT2D eigenvalue weighted by atomic mass is 10.1. The predicted octanol–water partition coefficient (Wildman–Crippen LogP) is 1.35. The molecule has 2 N–H and O–H groups in total. The van der Waals surface area contributed by atoms with Gasteiger partial charge in [0, 0.05) is 44.6 Å². The third kappa shape index (κ3) is 4.78. The van der Waals surface area contributed by atoms with Gasteiger partial charge in [-0.15, -0.1) is 0 Å². The molecule has 1 aliphatic heterocycles. The van der Waals surface area contributed by atoms with Crippen LogP contribution >= 0.6 is 0 Å². The van der Waals surface area contributed by atoms with Gasteiger partial charge in [-0.1, -0.05) is 18.2 Å². The highest BCUT2D eigenvalue weighted by Crippen LogP contribution is 2.20. The van der Waals surface area contributed by atoms with Gasteiger partial charge in [-0.05, 0) is 29.3 Å². The maximum absolute atomic E-state index is 12.4. The van der Waals surface area contributed by atoms with Gasteiger partial charge in [0.25, 0.3) is 0 Å². The molecular formula is C19H24N4O2. The number of amides is 1. The van der Waals surface area contributed by atoms with Crippen LogP contribution < -0.4 is 15.4 Å². The van der Waals surface area contributed by atoms with E-state index in [1.54, 1.807) is 13.3 Å². The molecular weight excluding hydrogens is 316 g/mol. The van der Waals surface area contributed by atoms with Crippen molar-refractivity contribution in [2.24, 2.45) is 0 Å². The summed E-state index contributed by atoms with van der Waals surface area (Å²) in [5.74, 6) is 0.849. The van der Waals surface area contributed by atoms with Crippen molar-refractivity contribution in [3.05, 3.63) is 59.9 Å². The molecule has 1 saturated heterocycles. The van der Waals surface area contributed by atoms with Gasteiger partial charge in [0.1, 0.15) is 5.75 Å². The number of nitrogens with one attached hydrogen (secondary N) is 2. The number of benzene rings is 1. The van der Waals surface area contributed by atoms with Crippen LogP contribution in [0.3, 0.4) is 0 Å². The van der Waals surface area contributed by atoms with Crippen LogP contribution in [0.2, 0.25) is 0 Å². The number of ether oxygens (including phenoxy) is 1. The van der Waals surface area contributed by atoms with Crippen molar-refractivity contribution in [1.82, 2.24) is 20.5 Å². The second-order valence-corrected chi connectivity index (χ2v) is 6.10. The summed E-state index contributed by atoms with van der Waals surface area (Å²) < 4.78 is 5.14. The molecule has 1 aromatic carbocycles. The second-order valence-electron chi connectivity index (χ2n) is 6.10. The highest BCUT2D eigenvalue weighted by molar-refractivity contribution is 5.78. The first-order valence-electron chi connectivity index (χ1n) is 8.50. The molecule has 0 radical (unpaired) electrons. The molecule has 2 aromatic rings. The number of methoxy groups -OCH3 is 1. The Labute approximate surface area is 148 Å². The third-order valence-corrected chi connectivity index (χ3v) is 4.42. The number of piperazine rings is 1. The minimum Gasteiger partial charge on any atom is -0.497 e. The standard InChI is InChI=1S/C19H24N4O2/c1-25-17-6-4-15(5-7-17)11-22-19(24)14-23-10-9-21-13-18(23)16-3-2-8-20-12-16/h2-8,12,18,21H,9-11,13-14H2,1H3,(H,22,24). The summed E-state index contributed by atoms with van der Waals surface area (Å²) >= 11 is 0. The summed E-state index contributed by atoms with van der Waals surface area (Å²) in [6.45, 7) is 3.47. The van der Waals surface area contributed by atoms with Crippen LogP contribution in [0.4, 0.5) is 0 Å². The number of pyridine rings is 1. The van der Waals surface area contributed by atoms with E-state index < -0.39 is 0 Å². The number of aromatic nitrogens is 1. The topological polar surface area (TPSA) is 66.5 Å². The lowest BCUT2D eigenvalue weighted by Crippen LogP contribution is -2.49. The maximum Gasteiger partial charge on any atom is 0.234 e. The van der Waals surface area contributed by atoms with Crippen molar-refractivity contribution in [2.75, 3.05) is 33.3 Å². The fraction of sp³-hybridized carbons (Fsp3) is 0.368. The molecule has 1 atom stereocenters. The highest BCUT2D eigenvalue weighted by atomic mass is 16.5. The van der Waals surface area contributed by atoms with Crippen molar-refractivity contribution in [1.29, 1.82) is 0 Å². The average molecular weight is 340 g/mol. The zero-order valence-corrected chi connectivity index (χ0v) is 14.4. The van der Waals surface area contributed by atoms with Crippen molar-refractivity contribution in [2.45, 2.75) is 12.6 Å². The molecule has 0 bridgehead atoms. The molecule has 1 aromatic heterocycles. The number of rotatable bonds is 6. The molecule has 0 saturated carbocycles. The van der Waals surface area contributed by atoms with E-state index in [1.807, 2.05) is 36.5 Å². The second kappa shape index (κ2) is 8.60. The monoisotopic (exact) mass is 340 g/mol. The molecule has 25 heavy (non-hydrogen) atoms. The fourth-order valence-electron chi connectivity index (χ4n) is 3.02. The number of carbonyl (C=O) groups is 1. The Hall–Kier alpha value is -2.44. The minimum absolute atomic E-state index is 0.0339. The summed E-state index contributed by atoms with van der Waals surface area (Å²) in [7, 11) is 1.64. The maximum atomic E-state index is 12.4. The number of hydrogen-bond acceptors (Lipinski definition) is 5. The summed E-state index contributed by atoms with van der Waals surface area (Å²) in [5, 5.41) is 6.39. The highest BCUT2D eigenvalue weighted by Gasteiger charge is 2.25. The first kappa shape index (κ1) is 17.4. The molecule has 1 amide bonds. The summed E-state index contributed by atoms with van der Waals surface area (Å²) in [6.07, 6.45) is 3.64. The van der Waals surface area contributed by atoms with Crippen LogP contribution in [-0.2, 0) is 11.3 Å². The van der Waals surface area contributed by atoms with Crippen molar-refractivity contribution in [3.63, 3.8) is 0 Å². The van der Waals surface area contributed by atoms with Gasteiger partial charge in [-0.2, -0.15) is 0 Å². The zero-order valence-electron chi connectivity index (χ0n) is 14.4. The predicted molar refractivity (Wildman–Crippen MR) is 96.3 cm³/mol. The van der Waals surface area contributed by atoms with Crippen molar-refractivity contribution < 1.29 is 9.53 Å². The van der Waals surface area contributed by atoms with E-state index in [0.29, 0.717) is 13.1 Å². The molecule has 0 spiro atoms. The Bertz CT molecular complexity index is 676. The van der Waals surface area contributed by atoms with Crippen LogP contribution in [-0.4, -0.2) is 49.1 Å². The van der Waals surface area contributed by atoms with Gasteiger partial charge >= 0.3 is 0 Å². The van der Waals surface area contributed by atoms with Crippen molar-refractivity contribution in [3.8, 4) is 5.75 Å². The Morgan fingerprint density at radius 1 is 1.36 bits per heavy atom. The molecule has 0 aliphatic carbocycles. The molecule has 3 rings (SSSR count). The van der Waals surface area contributed by atoms with Gasteiger partial charge in [-0.3, -0.25) is 14.7 Å². The quantitative estimate of drug-likeness (QED) is 0.831. The Balaban J connectivity index is 1.55. The zero-order chi connectivity index (χ0) is 17.5. The van der Waals surface area contributed by atoms with Crippen LogP contribution in [0.25, 0.3) is 0 Å². The van der Waals surface area contributed by atoms with Crippen molar-refractivity contribution >= 4 is 5.91 Å². The van der Waals surface area contributed by atoms with Crippen LogP contribution in [0.1, 0.15) is 17.2 Å².